The average Bonchev–Trinajstić information content (AvgIpc) is 2.43. The number of hydrogen-bond acceptors (Lipinski definition) is 5. The summed E-state index contributed by atoms with van der Waals surface area (Å²) in [6.07, 6.45) is 1.42. The minimum absolute atomic E-state index is 0.0214. The minimum atomic E-state index is -0.436. The van der Waals surface area contributed by atoms with Crippen molar-refractivity contribution in [3.05, 3.63) is 63.7 Å². The maximum atomic E-state index is 10.8. The average molecular weight is 287 g/mol. The smallest absolute Gasteiger partial charge is 0.270 e. The fourth-order valence-electron chi connectivity index (χ4n) is 1.66. The molecule has 0 radical (unpaired) electrons. The lowest BCUT2D eigenvalue weighted by molar-refractivity contribution is -0.384. The van der Waals surface area contributed by atoms with E-state index in [-0.39, 0.29) is 5.69 Å². The predicted octanol–water partition coefficient (Wildman–Crippen LogP) is 3.35. The number of nitrogens with zero attached hydrogens (tertiary/aromatic N) is 2. The summed E-state index contributed by atoms with van der Waals surface area (Å²) in [5.74, 6) is 5.16. The molecule has 0 bridgehead atoms. The van der Waals surface area contributed by atoms with Crippen LogP contribution in [-0.2, 0) is 0 Å². The number of non-ortho nitro benzene ring substituents is 1. The lowest BCUT2D eigenvalue weighted by Gasteiger charge is -2.06. The Hall–Kier alpha value is -2.34. The van der Waals surface area contributed by atoms with Crippen LogP contribution in [0.25, 0.3) is 0 Å². The molecule has 2 aromatic rings. The van der Waals surface area contributed by atoms with Crippen LogP contribution < -0.4 is 5.84 Å². The molecule has 0 aliphatic heterocycles. The van der Waals surface area contributed by atoms with E-state index < -0.39 is 4.92 Å². The Kier molecular flexibility index (Phi) is 4.37. The molecule has 0 aliphatic rings. The number of hydrazone groups is 1. The zero-order chi connectivity index (χ0) is 14.5. The maximum absolute atomic E-state index is 10.8. The maximum Gasteiger partial charge on any atom is 0.270 e. The SMILES string of the molecule is Cc1ccc(Sc2ccc([N+](=O)[O-])cc2C=NN)cc1. The molecule has 0 aromatic heterocycles. The highest BCUT2D eigenvalue weighted by Gasteiger charge is 2.10. The van der Waals surface area contributed by atoms with Gasteiger partial charge in [-0.15, -0.1) is 0 Å². The summed E-state index contributed by atoms with van der Waals surface area (Å²) in [5.41, 5.74) is 1.84. The normalized spacial score (nSPS) is 10.8. The van der Waals surface area contributed by atoms with E-state index in [1.165, 1.54) is 35.7 Å². The van der Waals surface area contributed by atoms with Crippen LogP contribution in [0.3, 0.4) is 0 Å². The Morgan fingerprint density at radius 2 is 1.95 bits per heavy atom. The molecule has 0 aliphatic carbocycles. The van der Waals surface area contributed by atoms with Crippen LogP contribution in [0.2, 0.25) is 0 Å². The number of benzene rings is 2. The van der Waals surface area contributed by atoms with Crippen molar-refractivity contribution >= 4 is 23.7 Å². The number of nitrogens with two attached hydrogens (primary N) is 1. The second kappa shape index (κ2) is 6.21. The lowest BCUT2D eigenvalue weighted by Crippen LogP contribution is -1.94. The predicted molar refractivity (Wildman–Crippen MR) is 80.2 cm³/mol. The Morgan fingerprint density at radius 1 is 1.25 bits per heavy atom. The fraction of sp³-hybridized carbons (Fsp3) is 0.0714. The van der Waals surface area contributed by atoms with Crippen LogP contribution in [0.4, 0.5) is 5.69 Å². The van der Waals surface area contributed by atoms with E-state index in [0.29, 0.717) is 5.56 Å². The molecule has 0 saturated carbocycles. The highest BCUT2D eigenvalue weighted by atomic mass is 32.2. The fourth-order valence-corrected chi connectivity index (χ4v) is 2.55. The molecule has 0 unspecified atom stereocenters. The Labute approximate surface area is 120 Å². The highest BCUT2D eigenvalue weighted by Crippen LogP contribution is 2.31. The third-order valence-electron chi connectivity index (χ3n) is 2.67. The van der Waals surface area contributed by atoms with Crippen molar-refractivity contribution in [1.29, 1.82) is 0 Å². The van der Waals surface area contributed by atoms with Gasteiger partial charge in [-0.1, -0.05) is 29.5 Å². The van der Waals surface area contributed by atoms with Crippen LogP contribution >= 0.6 is 11.8 Å². The van der Waals surface area contributed by atoms with Gasteiger partial charge in [-0.05, 0) is 25.1 Å². The van der Waals surface area contributed by atoms with Gasteiger partial charge in [0.25, 0.3) is 5.69 Å². The summed E-state index contributed by atoms with van der Waals surface area (Å²) in [5, 5.41) is 14.2. The molecule has 0 saturated heterocycles. The van der Waals surface area contributed by atoms with E-state index in [1.54, 1.807) is 6.07 Å². The van der Waals surface area contributed by atoms with Crippen LogP contribution in [0.15, 0.2) is 57.4 Å². The molecule has 20 heavy (non-hydrogen) atoms. The van der Waals surface area contributed by atoms with E-state index in [2.05, 4.69) is 5.10 Å². The third-order valence-corrected chi connectivity index (χ3v) is 3.77. The molecule has 0 atom stereocenters. The molecular weight excluding hydrogens is 274 g/mol. The number of aryl methyl sites for hydroxylation is 1. The molecule has 0 amide bonds. The van der Waals surface area contributed by atoms with Crippen molar-refractivity contribution in [1.82, 2.24) is 0 Å². The number of nitro benzene ring substituents is 1. The first-order valence-corrected chi connectivity index (χ1v) is 6.68. The van der Waals surface area contributed by atoms with E-state index >= 15 is 0 Å². The molecule has 102 valence electrons. The minimum Gasteiger partial charge on any atom is -0.323 e. The first-order valence-electron chi connectivity index (χ1n) is 5.86. The van der Waals surface area contributed by atoms with Crippen molar-refractivity contribution < 1.29 is 4.92 Å². The number of nitro groups is 1. The zero-order valence-electron chi connectivity index (χ0n) is 10.8. The van der Waals surface area contributed by atoms with Gasteiger partial charge in [-0.2, -0.15) is 5.10 Å². The van der Waals surface area contributed by atoms with Gasteiger partial charge in [-0.3, -0.25) is 10.1 Å². The van der Waals surface area contributed by atoms with Crippen molar-refractivity contribution in [2.75, 3.05) is 0 Å². The zero-order valence-corrected chi connectivity index (χ0v) is 11.6. The molecule has 2 rings (SSSR count). The second-order valence-electron chi connectivity index (χ2n) is 4.17. The van der Waals surface area contributed by atoms with Crippen LogP contribution in [0.5, 0.6) is 0 Å². The molecule has 6 heteroatoms. The molecule has 2 aromatic carbocycles. The van der Waals surface area contributed by atoms with Gasteiger partial charge in [0.2, 0.25) is 0 Å². The monoisotopic (exact) mass is 287 g/mol. The summed E-state index contributed by atoms with van der Waals surface area (Å²) in [7, 11) is 0. The summed E-state index contributed by atoms with van der Waals surface area (Å²) in [4.78, 5) is 12.3. The van der Waals surface area contributed by atoms with Gasteiger partial charge < -0.3 is 5.84 Å². The summed E-state index contributed by atoms with van der Waals surface area (Å²) in [6.45, 7) is 2.02. The van der Waals surface area contributed by atoms with Gasteiger partial charge in [0, 0.05) is 27.5 Å². The topological polar surface area (TPSA) is 81.5 Å². The summed E-state index contributed by atoms with van der Waals surface area (Å²) in [6, 6.07) is 12.7. The van der Waals surface area contributed by atoms with Gasteiger partial charge in [0.05, 0.1) is 11.1 Å². The molecular formula is C14H13N3O2S. The standard InChI is InChI=1S/C14H13N3O2S/c1-10-2-5-13(6-3-10)20-14-7-4-12(17(18)19)8-11(14)9-16-15/h2-9H,15H2,1H3. The number of rotatable bonds is 4. The first-order chi connectivity index (χ1) is 9.60. The summed E-state index contributed by atoms with van der Waals surface area (Å²) >= 11 is 1.51. The Balaban J connectivity index is 2.35. The molecule has 2 N–H and O–H groups in total. The number of hydrogen-bond donors (Lipinski definition) is 1. The summed E-state index contributed by atoms with van der Waals surface area (Å²) < 4.78 is 0. The van der Waals surface area contributed by atoms with E-state index in [0.717, 1.165) is 9.79 Å². The van der Waals surface area contributed by atoms with Crippen LogP contribution in [0, 0.1) is 17.0 Å². The van der Waals surface area contributed by atoms with Crippen LogP contribution in [-0.4, -0.2) is 11.1 Å². The molecule has 0 spiro atoms. The highest BCUT2D eigenvalue weighted by molar-refractivity contribution is 7.99. The Bertz CT molecular complexity index is 654. The van der Waals surface area contributed by atoms with Gasteiger partial charge >= 0.3 is 0 Å². The van der Waals surface area contributed by atoms with E-state index in [1.807, 2.05) is 31.2 Å². The van der Waals surface area contributed by atoms with Crippen molar-refractivity contribution in [2.24, 2.45) is 10.9 Å². The molecule has 5 nitrogen and oxygen atoms in total. The molecule has 0 heterocycles. The largest absolute Gasteiger partial charge is 0.323 e. The molecule has 0 fully saturated rings. The van der Waals surface area contributed by atoms with Crippen molar-refractivity contribution in [2.45, 2.75) is 16.7 Å². The van der Waals surface area contributed by atoms with Crippen molar-refractivity contribution in [3.8, 4) is 0 Å². The third kappa shape index (κ3) is 3.36. The van der Waals surface area contributed by atoms with Gasteiger partial charge in [0.1, 0.15) is 0 Å². The van der Waals surface area contributed by atoms with Gasteiger partial charge in [-0.25, -0.2) is 0 Å². The van der Waals surface area contributed by atoms with E-state index in [9.17, 15) is 10.1 Å². The quantitative estimate of drug-likeness (QED) is 0.404. The van der Waals surface area contributed by atoms with E-state index in [4.69, 9.17) is 5.84 Å². The first kappa shape index (κ1) is 14.1. The van der Waals surface area contributed by atoms with Crippen LogP contribution in [0.1, 0.15) is 11.1 Å². The second-order valence-corrected chi connectivity index (χ2v) is 5.29. The lowest BCUT2D eigenvalue weighted by atomic mass is 10.2. The van der Waals surface area contributed by atoms with Gasteiger partial charge in [0.15, 0.2) is 0 Å². The Morgan fingerprint density at radius 3 is 2.55 bits per heavy atom. The van der Waals surface area contributed by atoms with Crippen molar-refractivity contribution in [3.63, 3.8) is 0 Å².